The molecule has 90 valence electrons. The van der Waals surface area contributed by atoms with Crippen molar-refractivity contribution < 1.29 is 0 Å². The Balaban J connectivity index is 2.28. The van der Waals surface area contributed by atoms with Crippen LogP contribution in [0.15, 0.2) is 30.5 Å². The van der Waals surface area contributed by atoms with Gasteiger partial charge in [0.15, 0.2) is 5.65 Å². The summed E-state index contributed by atoms with van der Waals surface area (Å²) >= 11 is 6.14. The van der Waals surface area contributed by atoms with Gasteiger partial charge in [0.1, 0.15) is 5.82 Å². The second kappa shape index (κ2) is 4.48. The fourth-order valence-corrected chi connectivity index (χ4v) is 2.12. The zero-order valence-corrected chi connectivity index (χ0v) is 10.6. The quantitative estimate of drug-likeness (QED) is 0.718. The van der Waals surface area contributed by atoms with Gasteiger partial charge in [0.05, 0.1) is 17.1 Å². The Morgan fingerprint density at radius 2 is 2.11 bits per heavy atom. The molecule has 18 heavy (non-hydrogen) atoms. The third kappa shape index (κ3) is 1.89. The van der Waals surface area contributed by atoms with E-state index >= 15 is 0 Å². The molecule has 2 heterocycles. The second-order valence-electron chi connectivity index (χ2n) is 4.03. The zero-order chi connectivity index (χ0) is 12.5. The Hall–Kier alpha value is -1.78. The number of benzene rings is 1. The summed E-state index contributed by atoms with van der Waals surface area (Å²) in [5.41, 5.74) is 1.46. The number of pyridine rings is 1. The molecule has 0 bridgehead atoms. The molecule has 0 fully saturated rings. The monoisotopic (exact) mass is 258 g/mol. The minimum Gasteiger partial charge on any atom is -0.313 e. The summed E-state index contributed by atoms with van der Waals surface area (Å²) in [6.45, 7) is 0.623. The van der Waals surface area contributed by atoms with E-state index in [0.717, 1.165) is 22.1 Å². The van der Waals surface area contributed by atoms with Crippen LogP contribution in [-0.4, -0.2) is 22.0 Å². The van der Waals surface area contributed by atoms with Crippen molar-refractivity contribution in [1.82, 2.24) is 20.3 Å². The van der Waals surface area contributed by atoms with Gasteiger partial charge in [-0.15, -0.1) is 0 Å². The molecule has 0 spiro atoms. The fraction of sp³-hybridized carbons (Fsp3) is 0.154. The molecule has 0 radical (unpaired) electrons. The number of nitrogens with zero attached hydrogens (tertiary/aromatic N) is 3. The molecule has 3 aromatic rings. The molecule has 0 atom stereocenters. The molecular formula is C13H11ClN4. The smallest absolute Gasteiger partial charge is 0.163 e. The summed E-state index contributed by atoms with van der Waals surface area (Å²) in [5.74, 6) is 0.726. The minimum atomic E-state index is 0.623. The highest BCUT2D eigenvalue weighted by Crippen LogP contribution is 2.24. The highest BCUT2D eigenvalue weighted by atomic mass is 35.5. The van der Waals surface area contributed by atoms with Crippen molar-refractivity contribution >= 4 is 33.5 Å². The van der Waals surface area contributed by atoms with Crippen LogP contribution in [-0.2, 0) is 6.54 Å². The number of hydrogen-bond donors (Lipinski definition) is 1. The van der Waals surface area contributed by atoms with Crippen LogP contribution in [0, 0.1) is 0 Å². The summed E-state index contributed by atoms with van der Waals surface area (Å²) in [5, 5.41) is 5.58. The number of nitrogens with one attached hydrogen (secondary N) is 1. The number of aromatic nitrogens is 3. The first-order valence-electron chi connectivity index (χ1n) is 5.63. The van der Waals surface area contributed by atoms with Gasteiger partial charge in [-0.2, -0.15) is 0 Å². The number of rotatable bonds is 2. The average molecular weight is 259 g/mol. The molecule has 4 nitrogen and oxygen atoms in total. The van der Waals surface area contributed by atoms with Gasteiger partial charge in [0, 0.05) is 17.0 Å². The maximum Gasteiger partial charge on any atom is 0.163 e. The Morgan fingerprint density at radius 1 is 1.22 bits per heavy atom. The van der Waals surface area contributed by atoms with E-state index in [4.69, 9.17) is 11.6 Å². The molecule has 0 saturated heterocycles. The number of para-hydroxylation sites is 1. The van der Waals surface area contributed by atoms with Crippen LogP contribution >= 0.6 is 11.6 Å². The molecule has 0 unspecified atom stereocenters. The summed E-state index contributed by atoms with van der Waals surface area (Å²) < 4.78 is 0. The molecule has 0 aliphatic heterocycles. The summed E-state index contributed by atoms with van der Waals surface area (Å²) in [7, 11) is 1.86. The zero-order valence-electron chi connectivity index (χ0n) is 9.81. The molecule has 1 aromatic carbocycles. The Kier molecular flexibility index (Phi) is 2.81. The SMILES string of the molecule is CNCc1ncc2cc3cccc(Cl)c3nc2n1. The van der Waals surface area contributed by atoms with E-state index in [0.29, 0.717) is 17.2 Å². The van der Waals surface area contributed by atoms with Crippen LogP contribution in [0.4, 0.5) is 0 Å². The highest BCUT2D eigenvalue weighted by molar-refractivity contribution is 6.35. The van der Waals surface area contributed by atoms with Crippen molar-refractivity contribution in [3.8, 4) is 0 Å². The molecule has 0 aliphatic carbocycles. The molecule has 0 saturated carbocycles. The Bertz CT molecular complexity index is 727. The first-order chi connectivity index (χ1) is 8.78. The summed E-state index contributed by atoms with van der Waals surface area (Å²) in [6.07, 6.45) is 1.79. The van der Waals surface area contributed by atoms with Gasteiger partial charge in [-0.05, 0) is 19.2 Å². The predicted molar refractivity (Wildman–Crippen MR) is 72.6 cm³/mol. The fourth-order valence-electron chi connectivity index (χ4n) is 1.89. The lowest BCUT2D eigenvalue weighted by molar-refractivity contribution is 0.763. The van der Waals surface area contributed by atoms with E-state index in [1.807, 2.05) is 31.3 Å². The van der Waals surface area contributed by atoms with Gasteiger partial charge in [0.25, 0.3) is 0 Å². The molecule has 2 aromatic heterocycles. The summed E-state index contributed by atoms with van der Waals surface area (Å²) in [6, 6.07) is 7.73. The van der Waals surface area contributed by atoms with Crippen LogP contribution in [0.2, 0.25) is 5.02 Å². The van der Waals surface area contributed by atoms with Gasteiger partial charge in [-0.3, -0.25) is 0 Å². The van der Waals surface area contributed by atoms with Gasteiger partial charge < -0.3 is 5.32 Å². The van der Waals surface area contributed by atoms with Gasteiger partial charge in [-0.1, -0.05) is 23.7 Å². The van der Waals surface area contributed by atoms with Crippen molar-refractivity contribution in [3.05, 3.63) is 41.3 Å². The van der Waals surface area contributed by atoms with E-state index in [1.165, 1.54) is 0 Å². The van der Waals surface area contributed by atoms with Crippen LogP contribution < -0.4 is 5.32 Å². The van der Waals surface area contributed by atoms with Crippen molar-refractivity contribution in [2.45, 2.75) is 6.54 Å². The van der Waals surface area contributed by atoms with Crippen LogP contribution in [0.3, 0.4) is 0 Å². The normalized spacial score (nSPS) is 11.2. The lowest BCUT2D eigenvalue weighted by Crippen LogP contribution is -2.09. The third-order valence-corrected chi connectivity index (χ3v) is 3.03. The third-order valence-electron chi connectivity index (χ3n) is 2.73. The molecular weight excluding hydrogens is 248 g/mol. The molecule has 5 heteroatoms. The maximum absolute atomic E-state index is 6.14. The van der Waals surface area contributed by atoms with Crippen molar-refractivity contribution in [2.75, 3.05) is 7.05 Å². The Morgan fingerprint density at radius 3 is 2.94 bits per heavy atom. The van der Waals surface area contributed by atoms with Crippen LogP contribution in [0.1, 0.15) is 5.82 Å². The van der Waals surface area contributed by atoms with E-state index < -0.39 is 0 Å². The lowest BCUT2D eigenvalue weighted by atomic mass is 10.2. The Labute approximate surface area is 109 Å². The highest BCUT2D eigenvalue weighted by Gasteiger charge is 2.05. The van der Waals surface area contributed by atoms with Crippen LogP contribution in [0.25, 0.3) is 21.9 Å². The largest absolute Gasteiger partial charge is 0.313 e. The topological polar surface area (TPSA) is 50.7 Å². The first kappa shape index (κ1) is 11.3. The van der Waals surface area contributed by atoms with E-state index in [9.17, 15) is 0 Å². The average Bonchev–Trinajstić information content (AvgIpc) is 2.38. The molecule has 1 N–H and O–H groups in total. The number of hydrogen-bond acceptors (Lipinski definition) is 4. The predicted octanol–water partition coefficient (Wildman–Crippen LogP) is 2.55. The van der Waals surface area contributed by atoms with Crippen LogP contribution in [0.5, 0.6) is 0 Å². The van der Waals surface area contributed by atoms with Gasteiger partial charge in [0.2, 0.25) is 0 Å². The van der Waals surface area contributed by atoms with E-state index in [-0.39, 0.29) is 0 Å². The summed E-state index contributed by atoms with van der Waals surface area (Å²) in [4.78, 5) is 13.2. The van der Waals surface area contributed by atoms with Gasteiger partial charge in [-0.25, -0.2) is 15.0 Å². The number of fused-ring (bicyclic) bond motifs is 2. The second-order valence-corrected chi connectivity index (χ2v) is 4.44. The molecule has 0 amide bonds. The molecule has 0 aliphatic rings. The van der Waals surface area contributed by atoms with E-state index in [2.05, 4.69) is 20.3 Å². The standard InChI is InChI=1S/C13H11ClN4/c1-15-7-11-16-6-9-5-8-3-2-4-10(14)12(8)18-13(9)17-11/h2-6,15H,7H2,1H3. The van der Waals surface area contributed by atoms with Crippen molar-refractivity contribution in [2.24, 2.45) is 0 Å². The maximum atomic E-state index is 6.14. The van der Waals surface area contributed by atoms with Crippen molar-refractivity contribution in [1.29, 1.82) is 0 Å². The first-order valence-corrected chi connectivity index (χ1v) is 6.01. The molecule has 3 rings (SSSR count). The minimum absolute atomic E-state index is 0.623. The van der Waals surface area contributed by atoms with Gasteiger partial charge >= 0.3 is 0 Å². The van der Waals surface area contributed by atoms with E-state index in [1.54, 1.807) is 6.20 Å². The lowest BCUT2D eigenvalue weighted by Gasteiger charge is -2.04. The number of halogens is 1. The van der Waals surface area contributed by atoms with Crippen molar-refractivity contribution in [3.63, 3.8) is 0 Å².